The highest BCUT2D eigenvalue weighted by Crippen LogP contribution is 2.30. The predicted molar refractivity (Wildman–Crippen MR) is 83.4 cm³/mol. The summed E-state index contributed by atoms with van der Waals surface area (Å²) in [7, 11) is 1.54. The number of nitrogens with one attached hydrogen (secondary N) is 1. The summed E-state index contributed by atoms with van der Waals surface area (Å²) in [6, 6.07) is 4.57. The molecule has 0 bridgehead atoms. The van der Waals surface area contributed by atoms with Crippen LogP contribution in [0.15, 0.2) is 18.2 Å². The average Bonchev–Trinajstić information content (AvgIpc) is 2.84. The van der Waals surface area contributed by atoms with Gasteiger partial charge in [-0.3, -0.25) is 0 Å². The number of ether oxygens (including phenoxy) is 1. The Morgan fingerprint density at radius 2 is 2.10 bits per heavy atom. The lowest BCUT2D eigenvalue weighted by Gasteiger charge is -2.17. The van der Waals surface area contributed by atoms with E-state index in [1.807, 2.05) is 6.92 Å². The van der Waals surface area contributed by atoms with Crippen molar-refractivity contribution in [3.63, 3.8) is 0 Å². The molecule has 1 unspecified atom stereocenters. The van der Waals surface area contributed by atoms with E-state index in [2.05, 4.69) is 28.5 Å². The van der Waals surface area contributed by atoms with Crippen molar-refractivity contribution in [2.24, 2.45) is 5.92 Å². The first-order chi connectivity index (χ1) is 10.0. The Hall–Kier alpha value is -1.69. The summed E-state index contributed by atoms with van der Waals surface area (Å²) in [6.45, 7) is 6.13. The van der Waals surface area contributed by atoms with Gasteiger partial charge in [-0.15, -0.1) is 0 Å². The Morgan fingerprint density at radius 3 is 2.76 bits per heavy atom. The molecule has 0 fully saturated rings. The predicted octanol–water partition coefficient (Wildman–Crippen LogP) is 4.06. The molecular formula is C15H20FN3OS. The van der Waals surface area contributed by atoms with Gasteiger partial charge < -0.3 is 10.1 Å². The normalized spacial score (nSPS) is 12.5. The van der Waals surface area contributed by atoms with Crippen molar-refractivity contribution in [1.82, 2.24) is 9.36 Å². The molecule has 0 saturated heterocycles. The lowest BCUT2D eigenvalue weighted by molar-refractivity contribution is 0.402. The first-order valence-electron chi connectivity index (χ1n) is 6.92. The molecule has 0 spiro atoms. The summed E-state index contributed by atoms with van der Waals surface area (Å²) < 4.78 is 23.6. The van der Waals surface area contributed by atoms with Crippen LogP contribution in [0.2, 0.25) is 0 Å². The van der Waals surface area contributed by atoms with Crippen LogP contribution in [0.1, 0.15) is 38.2 Å². The van der Waals surface area contributed by atoms with Gasteiger partial charge in [-0.05, 0) is 25.0 Å². The molecule has 1 atom stereocenters. The molecule has 0 aliphatic rings. The number of aromatic nitrogens is 2. The van der Waals surface area contributed by atoms with E-state index in [-0.39, 0.29) is 11.9 Å². The average molecular weight is 309 g/mol. The van der Waals surface area contributed by atoms with E-state index in [1.165, 1.54) is 24.7 Å². The molecule has 0 aliphatic carbocycles. The van der Waals surface area contributed by atoms with Crippen molar-refractivity contribution in [3.05, 3.63) is 35.4 Å². The molecule has 0 amide bonds. The minimum atomic E-state index is -0.290. The van der Waals surface area contributed by atoms with Crippen LogP contribution in [-0.2, 0) is 6.42 Å². The van der Waals surface area contributed by atoms with Crippen LogP contribution in [0.3, 0.4) is 0 Å². The lowest BCUT2D eigenvalue weighted by atomic mass is 10.1. The molecular weight excluding hydrogens is 289 g/mol. The van der Waals surface area contributed by atoms with Crippen LogP contribution in [0.5, 0.6) is 5.75 Å². The summed E-state index contributed by atoms with van der Waals surface area (Å²) in [5, 5.41) is 3.89. The van der Waals surface area contributed by atoms with Gasteiger partial charge >= 0.3 is 0 Å². The molecule has 1 heterocycles. The van der Waals surface area contributed by atoms with Crippen LogP contribution in [0, 0.1) is 11.7 Å². The number of nitrogens with zero attached hydrogens (tertiary/aromatic N) is 2. The van der Waals surface area contributed by atoms with Crippen molar-refractivity contribution in [3.8, 4) is 5.75 Å². The lowest BCUT2D eigenvalue weighted by Crippen LogP contribution is -2.10. The molecule has 114 valence electrons. The van der Waals surface area contributed by atoms with Gasteiger partial charge in [0.25, 0.3) is 0 Å². The van der Waals surface area contributed by atoms with Crippen molar-refractivity contribution in [2.45, 2.75) is 33.2 Å². The molecule has 1 N–H and O–H groups in total. The van der Waals surface area contributed by atoms with Crippen molar-refractivity contribution in [2.75, 3.05) is 12.4 Å². The number of anilines is 1. The van der Waals surface area contributed by atoms with Crippen molar-refractivity contribution < 1.29 is 9.13 Å². The van der Waals surface area contributed by atoms with Gasteiger partial charge in [-0.2, -0.15) is 4.37 Å². The second kappa shape index (κ2) is 6.85. The zero-order chi connectivity index (χ0) is 15.4. The van der Waals surface area contributed by atoms with E-state index in [0.717, 1.165) is 12.2 Å². The second-order valence-corrected chi connectivity index (χ2v) is 6.09. The van der Waals surface area contributed by atoms with Crippen LogP contribution in [-0.4, -0.2) is 16.5 Å². The quantitative estimate of drug-likeness (QED) is 0.874. The van der Waals surface area contributed by atoms with Crippen LogP contribution >= 0.6 is 11.5 Å². The summed E-state index contributed by atoms with van der Waals surface area (Å²) >= 11 is 1.30. The minimum Gasteiger partial charge on any atom is -0.496 e. The number of hydrogen-bond acceptors (Lipinski definition) is 5. The maximum Gasteiger partial charge on any atom is 0.203 e. The Kier molecular flexibility index (Phi) is 5.12. The molecule has 6 heteroatoms. The van der Waals surface area contributed by atoms with Gasteiger partial charge in [-0.25, -0.2) is 9.37 Å². The van der Waals surface area contributed by atoms with Crippen molar-refractivity contribution >= 4 is 16.7 Å². The van der Waals surface area contributed by atoms with Crippen molar-refractivity contribution in [1.29, 1.82) is 0 Å². The van der Waals surface area contributed by atoms with Crippen LogP contribution < -0.4 is 10.1 Å². The van der Waals surface area contributed by atoms with Gasteiger partial charge in [0.2, 0.25) is 5.13 Å². The number of methoxy groups -OCH3 is 1. The van der Waals surface area contributed by atoms with Crippen LogP contribution in [0.4, 0.5) is 9.52 Å². The van der Waals surface area contributed by atoms with Gasteiger partial charge in [0.05, 0.1) is 18.7 Å². The third-order valence-electron chi connectivity index (χ3n) is 3.06. The number of rotatable bonds is 6. The molecule has 21 heavy (non-hydrogen) atoms. The summed E-state index contributed by atoms with van der Waals surface area (Å²) in [5.41, 5.74) is 0.501. The standard InChI is InChI=1S/C15H20FN3OS/c1-9(2)8-13-18-15(21-19-13)17-10(3)14-11(16)6-5-7-12(14)20-4/h5-7,9-10H,8H2,1-4H3,(H,17,18,19). The molecule has 2 aromatic rings. The molecule has 0 saturated carbocycles. The third-order valence-corrected chi connectivity index (χ3v) is 3.75. The summed E-state index contributed by atoms with van der Waals surface area (Å²) in [4.78, 5) is 4.43. The van der Waals surface area contributed by atoms with Gasteiger partial charge in [-0.1, -0.05) is 19.9 Å². The molecule has 4 nitrogen and oxygen atoms in total. The highest BCUT2D eigenvalue weighted by Gasteiger charge is 2.18. The Morgan fingerprint density at radius 1 is 1.33 bits per heavy atom. The van der Waals surface area contributed by atoms with Gasteiger partial charge in [0.15, 0.2) is 0 Å². The monoisotopic (exact) mass is 309 g/mol. The Labute approximate surface area is 128 Å². The highest BCUT2D eigenvalue weighted by molar-refractivity contribution is 7.09. The molecule has 1 aromatic carbocycles. The zero-order valence-electron chi connectivity index (χ0n) is 12.7. The van der Waals surface area contributed by atoms with Gasteiger partial charge in [0.1, 0.15) is 17.4 Å². The smallest absolute Gasteiger partial charge is 0.203 e. The number of halogens is 1. The topological polar surface area (TPSA) is 47.0 Å². The molecule has 0 aliphatic heterocycles. The minimum absolute atomic E-state index is 0.249. The van der Waals surface area contributed by atoms with E-state index in [0.29, 0.717) is 22.4 Å². The number of hydrogen-bond donors (Lipinski definition) is 1. The number of benzene rings is 1. The largest absolute Gasteiger partial charge is 0.496 e. The van der Waals surface area contributed by atoms with E-state index in [1.54, 1.807) is 12.1 Å². The fourth-order valence-corrected chi connectivity index (χ4v) is 2.82. The van der Waals surface area contributed by atoms with E-state index in [9.17, 15) is 4.39 Å². The Balaban J connectivity index is 2.14. The fourth-order valence-electron chi connectivity index (χ4n) is 2.13. The van der Waals surface area contributed by atoms with E-state index < -0.39 is 0 Å². The maximum atomic E-state index is 14.0. The Bertz CT molecular complexity index is 600. The second-order valence-electron chi connectivity index (χ2n) is 5.34. The molecule has 0 radical (unpaired) electrons. The molecule has 2 rings (SSSR count). The summed E-state index contributed by atoms with van der Waals surface area (Å²) in [5.74, 6) is 1.57. The van der Waals surface area contributed by atoms with E-state index >= 15 is 0 Å². The fraction of sp³-hybridized carbons (Fsp3) is 0.467. The SMILES string of the molecule is COc1cccc(F)c1C(C)Nc1nc(CC(C)C)ns1. The molecule has 1 aromatic heterocycles. The first kappa shape index (κ1) is 15.7. The van der Waals surface area contributed by atoms with E-state index in [4.69, 9.17) is 4.74 Å². The first-order valence-corrected chi connectivity index (χ1v) is 7.70. The third kappa shape index (κ3) is 3.91. The highest BCUT2D eigenvalue weighted by atomic mass is 32.1. The van der Waals surface area contributed by atoms with Crippen LogP contribution in [0.25, 0.3) is 0 Å². The zero-order valence-corrected chi connectivity index (χ0v) is 13.5. The maximum absolute atomic E-state index is 14.0. The van der Waals surface area contributed by atoms with Gasteiger partial charge in [0, 0.05) is 18.0 Å². The summed E-state index contributed by atoms with van der Waals surface area (Å²) in [6.07, 6.45) is 0.843.